The van der Waals surface area contributed by atoms with Crippen molar-refractivity contribution in [2.75, 3.05) is 0 Å². The fraction of sp³-hybridized carbons (Fsp3) is 0.0476. The predicted molar refractivity (Wildman–Crippen MR) is 112 cm³/mol. The number of halogens is 1. The van der Waals surface area contributed by atoms with E-state index in [1.165, 1.54) is 6.07 Å². The third-order valence-corrected chi connectivity index (χ3v) is 4.92. The maximum absolute atomic E-state index is 12.9. The normalized spacial score (nSPS) is 11.4. The lowest BCUT2D eigenvalue weighted by Gasteiger charge is -2.27. The zero-order chi connectivity index (χ0) is 21.7. The van der Waals surface area contributed by atoms with E-state index >= 15 is 0 Å². The van der Waals surface area contributed by atoms with Crippen LogP contribution in [0.3, 0.4) is 0 Å². The third kappa shape index (κ3) is 4.22. The number of carbonyl (C=O) groups is 1. The summed E-state index contributed by atoms with van der Waals surface area (Å²) in [5.74, 6) is -1.58. The van der Waals surface area contributed by atoms with E-state index in [0.717, 1.165) is 12.3 Å². The van der Waals surface area contributed by atoms with Gasteiger partial charge in [0.25, 0.3) is 11.6 Å². The van der Waals surface area contributed by atoms with Gasteiger partial charge in [-0.15, -0.1) is 0 Å². The minimum Gasteiger partial charge on any atom is -0.867 e. The first-order valence-electron chi connectivity index (χ1n) is 8.66. The first-order chi connectivity index (χ1) is 14.3. The monoisotopic (exact) mass is 468 g/mol. The molecule has 0 radical (unpaired) electrons. The van der Waals surface area contributed by atoms with Crippen LogP contribution in [0.25, 0.3) is 0 Å². The molecule has 8 nitrogen and oxygen atoms in total. The Balaban J connectivity index is 1.90. The maximum Gasteiger partial charge on any atom is 0.281 e. The summed E-state index contributed by atoms with van der Waals surface area (Å²) in [6, 6.07) is 19.1. The largest absolute Gasteiger partial charge is 0.867 e. The first-order valence-corrected chi connectivity index (χ1v) is 9.45. The summed E-state index contributed by atoms with van der Waals surface area (Å²) in [6.07, 6.45) is 1.14. The van der Waals surface area contributed by atoms with Gasteiger partial charge in [0.05, 0.1) is 11.1 Å². The van der Waals surface area contributed by atoms with Gasteiger partial charge in [-0.05, 0) is 22.9 Å². The molecule has 3 rings (SSSR count). The lowest BCUT2D eigenvalue weighted by atomic mass is 9.85. The zero-order valence-corrected chi connectivity index (χ0v) is 16.9. The quantitative estimate of drug-likeness (QED) is 0.326. The van der Waals surface area contributed by atoms with Gasteiger partial charge in [0.1, 0.15) is 0 Å². The van der Waals surface area contributed by atoms with Crippen LogP contribution in [0.15, 0.2) is 82.4 Å². The van der Waals surface area contributed by atoms with E-state index < -0.39 is 27.9 Å². The molecule has 2 N–H and O–H groups in total. The molecule has 152 valence electrons. The van der Waals surface area contributed by atoms with Crippen molar-refractivity contribution >= 4 is 33.7 Å². The number of benzene rings is 3. The number of nitro groups is 1. The molecule has 0 saturated carbocycles. The van der Waals surface area contributed by atoms with Crippen molar-refractivity contribution in [1.29, 1.82) is 0 Å². The number of nitrogens with zero attached hydrogens (tertiary/aromatic N) is 2. The number of amides is 1. The molecule has 0 aliphatic rings. The third-order valence-electron chi connectivity index (χ3n) is 4.33. The van der Waals surface area contributed by atoms with Crippen LogP contribution in [-0.4, -0.2) is 22.2 Å². The van der Waals surface area contributed by atoms with Crippen LogP contribution < -0.4 is 10.5 Å². The molecule has 0 aliphatic carbocycles. The summed E-state index contributed by atoms with van der Waals surface area (Å²) < 4.78 is -0.00504. The molecule has 0 atom stereocenters. The van der Waals surface area contributed by atoms with Gasteiger partial charge in [0.15, 0.2) is 5.60 Å². The summed E-state index contributed by atoms with van der Waals surface area (Å²) in [4.78, 5) is 23.1. The maximum atomic E-state index is 12.9. The van der Waals surface area contributed by atoms with Gasteiger partial charge < -0.3 is 10.2 Å². The van der Waals surface area contributed by atoms with E-state index in [9.17, 15) is 25.1 Å². The smallest absolute Gasteiger partial charge is 0.281 e. The molecule has 0 heterocycles. The summed E-state index contributed by atoms with van der Waals surface area (Å²) >= 11 is 2.97. The summed E-state index contributed by atoms with van der Waals surface area (Å²) in [7, 11) is 0. The van der Waals surface area contributed by atoms with Crippen molar-refractivity contribution in [2.24, 2.45) is 5.10 Å². The molecular formula is C21H15BrN3O5-. The van der Waals surface area contributed by atoms with Crippen LogP contribution in [0.2, 0.25) is 0 Å². The number of aliphatic hydroxyl groups is 1. The number of hydrogen-bond donors (Lipinski definition) is 2. The number of hydrogen-bond acceptors (Lipinski definition) is 6. The van der Waals surface area contributed by atoms with Gasteiger partial charge >= 0.3 is 0 Å². The van der Waals surface area contributed by atoms with Crippen molar-refractivity contribution in [3.8, 4) is 5.75 Å². The van der Waals surface area contributed by atoms with E-state index in [1.807, 2.05) is 0 Å². The lowest BCUT2D eigenvalue weighted by molar-refractivity contribution is -0.398. The second kappa shape index (κ2) is 8.85. The fourth-order valence-corrected chi connectivity index (χ4v) is 3.31. The van der Waals surface area contributed by atoms with Crippen molar-refractivity contribution in [2.45, 2.75) is 5.60 Å². The van der Waals surface area contributed by atoms with E-state index in [2.05, 4.69) is 26.5 Å². The van der Waals surface area contributed by atoms with Gasteiger partial charge in [-0.3, -0.25) is 14.9 Å². The summed E-state index contributed by atoms with van der Waals surface area (Å²) in [6.45, 7) is 0. The molecule has 0 fully saturated rings. The van der Waals surface area contributed by atoms with Crippen LogP contribution in [0.5, 0.6) is 5.75 Å². The Morgan fingerprint density at radius 1 is 1.07 bits per heavy atom. The predicted octanol–water partition coefficient (Wildman–Crippen LogP) is 2.82. The van der Waals surface area contributed by atoms with Crippen LogP contribution >= 0.6 is 15.9 Å². The Morgan fingerprint density at radius 2 is 1.60 bits per heavy atom. The van der Waals surface area contributed by atoms with Crippen LogP contribution in [0.4, 0.5) is 5.69 Å². The molecule has 0 bridgehead atoms. The summed E-state index contributed by atoms with van der Waals surface area (Å²) in [5.41, 5.74) is 0.547. The zero-order valence-electron chi connectivity index (χ0n) is 15.4. The number of nitro benzene ring substituents is 1. The average Bonchev–Trinajstić information content (AvgIpc) is 2.76. The van der Waals surface area contributed by atoms with E-state index in [1.54, 1.807) is 60.7 Å². The van der Waals surface area contributed by atoms with E-state index in [4.69, 9.17) is 0 Å². The number of rotatable bonds is 6. The first kappa shape index (κ1) is 21.2. The van der Waals surface area contributed by atoms with E-state index in [0.29, 0.717) is 11.1 Å². The van der Waals surface area contributed by atoms with Gasteiger partial charge in [0, 0.05) is 16.1 Å². The highest BCUT2D eigenvalue weighted by Gasteiger charge is 2.39. The van der Waals surface area contributed by atoms with Crippen LogP contribution in [0.1, 0.15) is 16.7 Å². The number of nitrogens with one attached hydrogen (secondary N) is 1. The highest BCUT2D eigenvalue weighted by atomic mass is 79.9. The molecular weight excluding hydrogens is 454 g/mol. The topological polar surface area (TPSA) is 128 Å². The Morgan fingerprint density at radius 3 is 2.10 bits per heavy atom. The molecule has 0 spiro atoms. The van der Waals surface area contributed by atoms with Gasteiger partial charge in [-0.2, -0.15) is 5.10 Å². The molecule has 3 aromatic rings. The molecule has 0 aliphatic heterocycles. The van der Waals surface area contributed by atoms with Crippen LogP contribution in [-0.2, 0) is 10.4 Å². The van der Waals surface area contributed by atoms with Crippen molar-refractivity contribution < 1.29 is 19.9 Å². The molecule has 9 heteroatoms. The fourth-order valence-electron chi connectivity index (χ4n) is 2.84. The van der Waals surface area contributed by atoms with Gasteiger partial charge in [-0.1, -0.05) is 76.6 Å². The van der Waals surface area contributed by atoms with Gasteiger partial charge in [-0.25, -0.2) is 5.43 Å². The highest BCUT2D eigenvalue weighted by Crippen LogP contribution is 2.32. The number of carbonyl (C=O) groups excluding carboxylic acids is 1. The molecule has 3 aromatic carbocycles. The van der Waals surface area contributed by atoms with Crippen molar-refractivity contribution in [3.05, 3.63) is 104 Å². The summed E-state index contributed by atoms with van der Waals surface area (Å²) in [5, 5.41) is 37.8. The molecule has 0 unspecified atom stereocenters. The minimum atomic E-state index is -2.01. The average molecular weight is 469 g/mol. The lowest BCUT2D eigenvalue weighted by Crippen LogP contribution is -2.43. The number of hydrazone groups is 1. The second-order valence-electron chi connectivity index (χ2n) is 6.25. The van der Waals surface area contributed by atoms with Crippen LogP contribution in [0, 0.1) is 10.1 Å². The molecule has 0 saturated heterocycles. The Labute approximate surface area is 179 Å². The standard InChI is InChI=1S/C21H16BrN3O5/c22-17-11-14(12-18(19(17)26)25(29)30)13-23-24-20(27)21(28,15-7-3-1-4-8-15)16-9-5-2-6-10-16/h1-13,26,28H,(H,24,27)/p-1/b23-13-. The minimum absolute atomic E-state index is 0.00504. The van der Waals surface area contributed by atoms with Crippen molar-refractivity contribution in [3.63, 3.8) is 0 Å². The van der Waals surface area contributed by atoms with Crippen molar-refractivity contribution in [1.82, 2.24) is 5.43 Å². The molecule has 30 heavy (non-hydrogen) atoms. The Kier molecular flexibility index (Phi) is 6.24. The Bertz CT molecular complexity index is 1060. The second-order valence-corrected chi connectivity index (χ2v) is 7.10. The molecule has 1 amide bonds. The van der Waals surface area contributed by atoms with Gasteiger partial charge in [0.2, 0.25) is 0 Å². The molecule has 0 aromatic heterocycles. The Hall–Kier alpha value is -3.56. The SMILES string of the molecule is O=C(N/N=C\c1cc(Br)c([O-])c([N+](=O)[O-])c1)C(O)(c1ccccc1)c1ccccc1. The van der Waals surface area contributed by atoms with E-state index in [-0.39, 0.29) is 10.0 Å². The highest BCUT2D eigenvalue weighted by molar-refractivity contribution is 9.10.